The molecule has 1 aliphatic carbocycles. The van der Waals surface area contributed by atoms with Crippen molar-refractivity contribution in [3.63, 3.8) is 0 Å². The van der Waals surface area contributed by atoms with Gasteiger partial charge in [-0.25, -0.2) is 9.59 Å². The molecule has 0 heterocycles. The largest absolute Gasteiger partial charge is 0.490 e. The molecule has 1 fully saturated rings. The molecule has 1 aliphatic rings. The van der Waals surface area contributed by atoms with Crippen LogP contribution in [0.5, 0.6) is 11.5 Å². The summed E-state index contributed by atoms with van der Waals surface area (Å²) in [5.41, 5.74) is 0.722. The average Bonchev–Trinajstić information content (AvgIpc) is 3.23. The first-order valence-corrected chi connectivity index (χ1v) is 10.4. The van der Waals surface area contributed by atoms with Crippen molar-refractivity contribution in [2.75, 3.05) is 19.8 Å². The number of rotatable bonds is 10. The Hall–Kier alpha value is -3.03. The van der Waals surface area contributed by atoms with Gasteiger partial charge < -0.3 is 19.5 Å². The molecule has 0 unspecified atom stereocenters. The molecule has 8 heteroatoms. The molecule has 2 N–H and O–H groups in total. The van der Waals surface area contributed by atoms with E-state index in [4.69, 9.17) is 14.2 Å². The summed E-state index contributed by atoms with van der Waals surface area (Å²) >= 11 is 0. The molecule has 0 saturated heterocycles. The SMILES string of the molecule is CCCOc1ccc(/C=C/C(=O)OCC(=O)NC(=O)NC2CCCC2)cc1OCC. The standard InChI is InChI=1S/C22H30N2O6/c1-3-13-29-18-11-9-16(14-19(18)28-4-2)10-12-21(26)30-15-20(25)24-22(27)23-17-7-5-6-8-17/h9-12,14,17H,3-8,13,15H2,1-2H3,(H2,23,24,25,27)/b12-10+. The van der Waals surface area contributed by atoms with Gasteiger partial charge in [-0.05, 0) is 50.0 Å². The molecule has 0 radical (unpaired) electrons. The number of imide groups is 1. The Bertz CT molecular complexity index is 756. The molecule has 0 bridgehead atoms. The summed E-state index contributed by atoms with van der Waals surface area (Å²) in [7, 11) is 0. The molecule has 1 aromatic rings. The first-order chi connectivity index (χ1) is 14.5. The predicted molar refractivity (Wildman–Crippen MR) is 112 cm³/mol. The number of hydrogen-bond donors (Lipinski definition) is 2. The van der Waals surface area contributed by atoms with Crippen molar-refractivity contribution >= 4 is 24.0 Å². The average molecular weight is 418 g/mol. The second kappa shape index (κ2) is 12.5. The van der Waals surface area contributed by atoms with Crippen molar-refractivity contribution < 1.29 is 28.6 Å². The van der Waals surface area contributed by atoms with Crippen molar-refractivity contribution in [2.24, 2.45) is 0 Å². The Morgan fingerprint density at radius 1 is 1.10 bits per heavy atom. The van der Waals surface area contributed by atoms with Gasteiger partial charge in [0.15, 0.2) is 18.1 Å². The molecule has 2 rings (SSSR count). The Labute approximate surface area is 176 Å². The van der Waals surface area contributed by atoms with Crippen LogP contribution in [0.2, 0.25) is 0 Å². The van der Waals surface area contributed by atoms with Crippen molar-refractivity contribution in [3.05, 3.63) is 29.8 Å². The molecule has 0 atom stereocenters. The van der Waals surface area contributed by atoms with E-state index in [-0.39, 0.29) is 6.04 Å². The van der Waals surface area contributed by atoms with Gasteiger partial charge in [-0.3, -0.25) is 10.1 Å². The molecule has 0 spiro atoms. The topological polar surface area (TPSA) is 103 Å². The van der Waals surface area contributed by atoms with E-state index in [0.717, 1.165) is 37.7 Å². The van der Waals surface area contributed by atoms with Crippen LogP contribution in [-0.4, -0.2) is 43.8 Å². The highest BCUT2D eigenvalue weighted by Gasteiger charge is 2.18. The van der Waals surface area contributed by atoms with E-state index in [9.17, 15) is 14.4 Å². The molecule has 8 nitrogen and oxygen atoms in total. The van der Waals surface area contributed by atoms with Crippen molar-refractivity contribution in [1.82, 2.24) is 10.6 Å². The Morgan fingerprint density at radius 2 is 1.87 bits per heavy atom. The van der Waals surface area contributed by atoms with Gasteiger partial charge in [0.05, 0.1) is 13.2 Å². The number of ether oxygens (including phenoxy) is 3. The summed E-state index contributed by atoms with van der Waals surface area (Å²) in [6.07, 6.45) is 7.63. The minimum absolute atomic E-state index is 0.101. The lowest BCUT2D eigenvalue weighted by Crippen LogP contribution is -2.44. The normalized spacial score (nSPS) is 13.8. The highest BCUT2D eigenvalue weighted by molar-refractivity contribution is 5.96. The van der Waals surface area contributed by atoms with Crippen LogP contribution in [0.25, 0.3) is 6.08 Å². The quantitative estimate of drug-likeness (QED) is 0.447. The van der Waals surface area contributed by atoms with Crippen LogP contribution >= 0.6 is 0 Å². The van der Waals surface area contributed by atoms with Gasteiger partial charge in [0, 0.05) is 12.1 Å². The maximum atomic E-state index is 11.9. The number of amides is 3. The first-order valence-electron chi connectivity index (χ1n) is 10.4. The summed E-state index contributed by atoms with van der Waals surface area (Å²) in [5.74, 6) is -0.131. The van der Waals surface area contributed by atoms with Gasteiger partial charge in [-0.1, -0.05) is 25.8 Å². The molecular weight excluding hydrogens is 388 g/mol. The van der Waals surface area contributed by atoms with E-state index >= 15 is 0 Å². The lowest BCUT2D eigenvalue weighted by atomic mass is 10.2. The fourth-order valence-corrected chi connectivity index (χ4v) is 3.03. The van der Waals surface area contributed by atoms with E-state index in [1.807, 2.05) is 13.8 Å². The maximum Gasteiger partial charge on any atom is 0.331 e. The third kappa shape index (κ3) is 8.14. The van der Waals surface area contributed by atoms with E-state index in [2.05, 4.69) is 10.6 Å². The number of urea groups is 1. The first kappa shape index (κ1) is 23.3. The molecule has 30 heavy (non-hydrogen) atoms. The van der Waals surface area contributed by atoms with Crippen LogP contribution in [0.4, 0.5) is 4.79 Å². The number of hydrogen-bond acceptors (Lipinski definition) is 6. The maximum absolute atomic E-state index is 11.9. The Morgan fingerprint density at radius 3 is 2.57 bits per heavy atom. The van der Waals surface area contributed by atoms with Gasteiger partial charge in [0.25, 0.3) is 5.91 Å². The molecule has 1 aromatic carbocycles. The van der Waals surface area contributed by atoms with E-state index < -0.39 is 24.5 Å². The number of carbonyl (C=O) groups is 3. The summed E-state index contributed by atoms with van der Waals surface area (Å²) in [6, 6.07) is 4.87. The minimum atomic E-state index is -0.689. The van der Waals surface area contributed by atoms with E-state index in [0.29, 0.717) is 24.7 Å². The van der Waals surface area contributed by atoms with Gasteiger partial charge in [-0.2, -0.15) is 0 Å². The number of benzene rings is 1. The highest BCUT2D eigenvalue weighted by Crippen LogP contribution is 2.29. The number of nitrogens with one attached hydrogen (secondary N) is 2. The number of carbonyl (C=O) groups excluding carboxylic acids is 3. The van der Waals surface area contributed by atoms with Crippen LogP contribution in [0.1, 0.15) is 51.5 Å². The second-order valence-electron chi connectivity index (χ2n) is 6.93. The summed E-state index contributed by atoms with van der Waals surface area (Å²) < 4.78 is 16.1. The lowest BCUT2D eigenvalue weighted by Gasteiger charge is -2.12. The van der Waals surface area contributed by atoms with Crippen LogP contribution in [0, 0.1) is 0 Å². The van der Waals surface area contributed by atoms with E-state index in [1.54, 1.807) is 24.3 Å². The zero-order valence-corrected chi connectivity index (χ0v) is 17.6. The fourth-order valence-electron chi connectivity index (χ4n) is 3.03. The van der Waals surface area contributed by atoms with Crippen LogP contribution < -0.4 is 20.1 Å². The predicted octanol–water partition coefficient (Wildman–Crippen LogP) is 3.20. The molecular formula is C22H30N2O6. The van der Waals surface area contributed by atoms with Crippen LogP contribution in [-0.2, 0) is 14.3 Å². The monoisotopic (exact) mass is 418 g/mol. The third-order valence-corrected chi connectivity index (χ3v) is 4.43. The summed E-state index contributed by atoms with van der Waals surface area (Å²) in [6.45, 7) is 4.44. The Balaban J connectivity index is 1.79. The van der Waals surface area contributed by atoms with Crippen molar-refractivity contribution in [1.29, 1.82) is 0 Å². The second-order valence-corrected chi connectivity index (χ2v) is 6.93. The molecule has 0 aromatic heterocycles. The van der Waals surface area contributed by atoms with Gasteiger partial charge in [0.2, 0.25) is 0 Å². The number of esters is 1. The minimum Gasteiger partial charge on any atom is -0.490 e. The van der Waals surface area contributed by atoms with Gasteiger partial charge >= 0.3 is 12.0 Å². The molecule has 0 aliphatic heterocycles. The summed E-state index contributed by atoms with van der Waals surface area (Å²) in [5, 5.41) is 4.89. The lowest BCUT2D eigenvalue weighted by molar-refractivity contribution is -0.143. The van der Waals surface area contributed by atoms with Crippen molar-refractivity contribution in [2.45, 2.75) is 52.0 Å². The smallest absolute Gasteiger partial charge is 0.331 e. The van der Waals surface area contributed by atoms with Crippen LogP contribution in [0.15, 0.2) is 24.3 Å². The molecule has 3 amide bonds. The Kier molecular flexibility index (Phi) is 9.70. The van der Waals surface area contributed by atoms with Gasteiger partial charge in [-0.15, -0.1) is 0 Å². The summed E-state index contributed by atoms with van der Waals surface area (Å²) in [4.78, 5) is 35.3. The van der Waals surface area contributed by atoms with Gasteiger partial charge in [0.1, 0.15) is 0 Å². The van der Waals surface area contributed by atoms with Crippen molar-refractivity contribution in [3.8, 4) is 11.5 Å². The van der Waals surface area contributed by atoms with Crippen LogP contribution in [0.3, 0.4) is 0 Å². The van der Waals surface area contributed by atoms with E-state index in [1.165, 1.54) is 6.08 Å². The molecule has 1 saturated carbocycles. The third-order valence-electron chi connectivity index (χ3n) is 4.43. The zero-order valence-electron chi connectivity index (χ0n) is 17.6. The fraction of sp³-hybridized carbons (Fsp3) is 0.500. The highest BCUT2D eigenvalue weighted by atomic mass is 16.5. The molecule has 164 valence electrons. The zero-order chi connectivity index (χ0) is 21.8.